The molecular formula is C12H21N. The molecule has 2 atom stereocenters. The normalized spacial score (nSPS) is 28.8. The fraction of sp³-hybridized carbons (Fsp3) is 0.833. The minimum absolute atomic E-state index is 0.446. The number of hydrogen-bond acceptors (Lipinski definition) is 1. The Kier molecular flexibility index (Phi) is 4.93. The minimum atomic E-state index is 0.446. The first-order valence-electron chi connectivity index (χ1n) is 5.49. The van der Waals surface area contributed by atoms with Crippen LogP contribution in [0.5, 0.6) is 0 Å². The molecule has 2 unspecified atom stereocenters. The molecular weight excluding hydrogens is 158 g/mol. The fourth-order valence-electron chi connectivity index (χ4n) is 2.15. The molecule has 0 aromatic rings. The van der Waals surface area contributed by atoms with Gasteiger partial charge in [0.05, 0.1) is 0 Å². The maximum Gasteiger partial charge on any atom is 0.00917 e. The lowest BCUT2D eigenvalue weighted by Crippen LogP contribution is -2.28. The number of nitrogens with two attached hydrogens (primary N) is 1. The van der Waals surface area contributed by atoms with Gasteiger partial charge in [-0.05, 0) is 32.1 Å². The predicted octanol–water partition coefficient (Wildman–Crippen LogP) is 2.70. The molecule has 0 spiro atoms. The number of hydrogen-bond donors (Lipinski definition) is 1. The Labute approximate surface area is 82.1 Å². The van der Waals surface area contributed by atoms with Crippen LogP contribution in [0.15, 0.2) is 0 Å². The molecule has 0 bridgehead atoms. The zero-order valence-corrected chi connectivity index (χ0v) is 8.68. The van der Waals surface area contributed by atoms with Gasteiger partial charge in [0, 0.05) is 12.5 Å². The van der Waals surface area contributed by atoms with E-state index < -0.39 is 0 Å². The molecule has 2 N–H and O–H groups in total. The molecule has 0 radical (unpaired) electrons. The van der Waals surface area contributed by atoms with Crippen molar-refractivity contribution in [2.24, 2.45) is 11.7 Å². The maximum absolute atomic E-state index is 6.11. The third-order valence-electron chi connectivity index (χ3n) is 3.03. The highest BCUT2D eigenvalue weighted by molar-refractivity contribution is 4.95. The molecule has 0 aromatic heterocycles. The van der Waals surface area contributed by atoms with Gasteiger partial charge in [0.15, 0.2) is 0 Å². The molecule has 74 valence electrons. The van der Waals surface area contributed by atoms with Crippen LogP contribution < -0.4 is 5.73 Å². The Morgan fingerprint density at radius 1 is 1.23 bits per heavy atom. The highest BCUT2D eigenvalue weighted by Gasteiger charge is 2.19. The summed E-state index contributed by atoms with van der Waals surface area (Å²) in [6.07, 6.45) is 8.88. The summed E-state index contributed by atoms with van der Waals surface area (Å²) in [7, 11) is 0. The second-order valence-electron chi connectivity index (χ2n) is 4.03. The van der Waals surface area contributed by atoms with Gasteiger partial charge in [0.2, 0.25) is 0 Å². The first-order chi connectivity index (χ1) is 6.34. The smallest absolute Gasteiger partial charge is 0.00917 e. The zero-order chi connectivity index (χ0) is 9.52. The minimum Gasteiger partial charge on any atom is -0.327 e. The van der Waals surface area contributed by atoms with E-state index in [1.807, 2.05) is 6.92 Å². The van der Waals surface area contributed by atoms with Gasteiger partial charge >= 0.3 is 0 Å². The highest BCUT2D eigenvalue weighted by atomic mass is 14.6. The van der Waals surface area contributed by atoms with Crippen LogP contribution in [0.25, 0.3) is 0 Å². The van der Waals surface area contributed by atoms with Gasteiger partial charge < -0.3 is 5.73 Å². The van der Waals surface area contributed by atoms with Crippen LogP contribution in [0.3, 0.4) is 0 Å². The summed E-state index contributed by atoms with van der Waals surface area (Å²) >= 11 is 0. The van der Waals surface area contributed by atoms with E-state index in [0.29, 0.717) is 6.04 Å². The predicted molar refractivity (Wildman–Crippen MR) is 57.2 cm³/mol. The second-order valence-corrected chi connectivity index (χ2v) is 4.03. The Bertz CT molecular complexity index is 187. The van der Waals surface area contributed by atoms with Crippen LogP contribution >= 0.6 is 0 Å². The second kappa shape index (κ2) is 6.05. The lowest BCUT2D eigenvalue weighted by molar-refractivity contribution is 0.377. The maximum atomic E-state index is 6.11. The van der Waals surface area contributed by atoms with Crippen LogP contribution in [0, 0.1) is 17.8 Å². The van der Waals surface area contributed by atoms with Gasteiger partial charge in [0.25, 0.3) is 0 Å². The lowest BCUT2D eigenvalue weighted by Gasteiger charge is -2.19. The molecule has 1 nitrogen and oxygen atoms in total. The van der Waals surface area contributed by atoms with Crippen molar-refractivity contribution in [3.8, 4) is 11.8 Å². The van der Waals surface area contributed by atoms with Gasteiger partial charge in [-0.25, -0.2) is 0 Å². The van der Waals surface area contributed by atoms with Crippen molar-refractivity contribution in [3.63, 3.8) is 0 Å². The molecule has 0 saturated heterocycles. The Morgan fingerprint density at radius 2 is 2.00 bits per heavy atom. The van der Waals surface area contributed by atoms with E-state index in [4.69, 9.17) is 5.73 Å². The average molecular weight is 179 g/mol. The molecule has 1 aliphatic carbocycles. The molecule has 1 fully saturated rings. The Morgan fingerprint density at radius 3 is 2.77 bits per heavy atom. The summed E-state index contributed by atoms with van der Waals surface area (Å²) < 4.78 is 0. The quantitative estimate of drug-likeness (QED) is 0.512. The largest absolute Gasteiger partial charge is 0.327 e. The molecule has 1 heteroatoms. The molecule has 1 saturated carbocycles. The van der Waals surface area contributed by atoms with E-state index in [2.05, 4.69) is 11.8 Å². The van der Waals surface area contributed by atoms with Crippen molar-refractivity contribution in [1.82, 2.24) is 0 Å². The van der Waals surface area contributed by atoms with Crippen molar-refractivity contribution < 1.29 is 0 Å². The third-order valence-corrected chi connectivity index (χ3v) is 3.03. The van der Waals surface area contributed by atoms with E-state index in [9.17, 15) is 0 Å². The topological polar surface area (TPSA) is 26.0 Å². The summed E-state index contributed by atoms with van der Waals surface area (Å²) in [6, 6.07) is 0.446. The summed E-state index contributed by atoms with van der Waals surface area (Å²) in [5.41, 5.74) is 6.11. The van der Waals surface area contributed by atoms with E-state index >= 15 is 0 Å². The molecule has 0 amide bonds. The van der Waals surface area contributed by atoms with Gasteiger partial charge in [-0.2, -0.15) is 0 Å². The first-order valence-corrected chi connectivity index (χ1v) is 5.49. The SMILES string of the molecule is CC#CCCC1CCCCCC1N. The molecule has 0 heterocycles. The molecule has 1 aliphatic rings. The summed E-state index contributed by atoms with van der Waals surface area (Å²) in [6.45, 7) is 1.91. The Hall–Kier alpha value is -0.480. The van der Waals surface area contributed by atoms with Crippen molar-refractivity contribution in [2.75, 3.05) is 0 Å². The van der Waals surface area contributed by atoms with Crippen LogP contribution in [-0.4, -0.2) is 6.04 Å². The van der Waals surface area contributed by atoms with Crippen molar-refractivity contribution in [3.05, 3.63) is 0 Å². The van der Waals surface area contributed by atoms with E-state index in [0.717, 1.165) is 12.3 Å². The molecule has 1 rings (SSSR count). The highest BCUT2D eigenvalue weighted by Crippen LogP contribution is 2.25. The standard InChI is InChI=1S/C12H21N/c1-2-3-5-8-11-9-6-4-7-10-12(11)13/h11-12H,4-10,13H2,1H3. The average Bonchev–Trinajstić information content (AvgIpc) is 2.32. The van der Waals surface area contributed by atoms with Crippen molar-refractivity contribution in [1.29, 1.82) is 0 Å². The van der Waals surface area contributed by atoms with Crippen LogP contribution in [0.1, 0.15) is 51.9 Å². The van der Waals surface area contributed by atoms with E-state index in [1.54, 1.807) is 0 Å². The van der Waals surface area contributed by atoms with Gasteiger partial charge in [-0.3, -0.25) is 0 Å². The molecule has 13 heavy (non-hydrogen) atoms. The lowest BCUT2D eigenvalue weighted by atomic mass is 9.91. The van der Waals surface area contributed by atoms with Gasteiger partial charge in [-0.1, -0.05) is 19.3 Å². The van der Waals surface area contributed by atoms with E-state index in [-0.39, 0.29) is 0 Å². The first kappa shape index (κ1) is 10.6. The fourth-order valence-corrected chi connectivity index (χ4v) is 2.15. The van der Waals surface area contributed by atoms with E-state index in [1.165, 1.54) is 38.5 Å². The van der Waals surface area contributed by atoms with Gasteiger partial charge in [-0.15, -0.1) is 11.8 Å². The van der Waals surface area contributed by atoms with Gasteiger partial charge in [0.1, 0.15) is 0 Å². The summed E-state index contributed by atoms with van der Waals surface area (Å²) in [5.74, 6) is 6.82. The number of rotatable bonds is 2. The Balaban J connectivity index is 2.30. The molecule has 0 aromatic carbocycles. The monoisotopic (exact) mass is 179 g/mol. The van der Waals surface area contributed by atoms with Crippen LogP contribution in [0.4, 0.5) is 0 Å². The van der Waals surface area contributed by atoms with Crippen molar-refractivity contribution >= 4 is 0 Å². The van der Waals surface area contributed by atoms with Crippen molar-refractivity contribution in [2.45, 2.75) is 57.9 Å². The third kappa shape index (κ3) is 3.83. The van der Waals surface area contributed by atoms with Crippen LogP contribution in [0.2, 0.25) is 0 Å². The summed E-state index contributed by atoms with van der Waals surface area (Å²) in [5, 5.41) is 0. The zero-order valence-electron chi connectivity index (χ0n) is 8.68. The summed E-state index contributed by atoms with van der Waals surface area (Å²) in [4.78, 5) is 0. The van der Waals surface area contributed by atoms with Crippen LogP contribution in [-0.2, 0) is 0 Å². The molecule has 0 aliphatic heterocycles.